The molecule has 0 saturated heterocycles. The summed E-state index contributed by atoms with van der Waals surface area (Å²) in [5, 5.41) is 9.47. The Morgan fingerprint density at radius 1 is 1.35 bits per heavy atom. The van der Waals surface area contributed by atoms with Gasteiger partial charge < -0.3 is 14.4 Å². The van der Waals surface area contributed by atoms with Crippen molar-refractivity contribution < 1.29 is 19.1 Å². The van der Waals surface area contributed by atoms with Crippen LogP contribution in [0.15, 0.2) is 27.1 Å². The van der Waals surface area contributed by atoms with Crippen LogP contribution in [0.4, 0.5) is 0 Å². The smallest absolute Gasteiger partial charge is 0.305 e. The Morgan fingerprint density at radius 2 is 2.05 bits per heavy atom. The van der Waals surface area contributed by atoms with Crippen molar-refractivity contribution in [3.63, 3.8) is 0 Å². The van der Waals surface area contributed by atoms with Gasteiger partial charge in [-0.1, -0.05) is 0 Å². The van der Waals surface area contributed by atoms with Crippen molar-refractivity contribution in [2.75, 3.05) is 13.6 Å². The molecule has 0 aliphatic carbocycles. The van der Waals surface area contributed by atoms with Crippen LogP contribution >= 0.6 is 15.9 Å². The summed E-state index contributed by atoms with van der Waals surface area (Å²) in [5.74, 6) is -1.06. The van der Waals surface area contributed by atoms with Gasteiger partial charge in [-0.15, -0.1) is 0 Å². The highest BCUT2D eigenvalue weighted by atomic mass is 79.9. The van der Waals surface area contributed by atoms with E-state index in [2.05, 4.69) is 15.9 Å². The lowest BCUT2D eigenvalue weighted by atomic mass is 10.2. The molecule has 6 heteroatoms. The lowest BCUT2D eigenvalue weighted by Gasteiger charge is -2.13. The molecule has 1 heterocycles. The molecule has 0 saturated carbocycles. The number of aryl methyl sites for hydroxylation is 1. The Balaban J connectivity index is 2.26. The third-order valence-electron chi connectivity index (χ3n) is 2.93. The van der Waals surface area contributed by atoms with Crippen molar-refractivity contribution in [2.24, 2.45) is 0 Å². The fraction of sp³-hybridized carbons (Fsp3) is 0.286. The fourth-order valence-corrected chi connectivity index (χ4v) is 2.58. The average molecular weight is 340 g/mol. The zero-order chi connectivity index (χ0) is 14.9. The molecule has 2 rings (SSSR count). The third kappa shape index (κ3) is 3.01. The monoisotopic (exact) mass is 339 g/mol. The molecule has 2 aromatic rings. The SMILES string of the molecule is Cc1cc(Br)c2oc(C(=O)N(C)CCC(=O)O)cc2c1. The Hall–Kier alpha value is -1.82. The van der Waals surface area contributed by atoms with Crippen LogP contribution in [-0.4, -0.2) is 35.5 Å². The van der Waals surface area contributed by atoms with Crippen molar-refractivity contribution in [1.82, 2.24) is 4.90 Å². The second kappa shape index (κ2) is 5.66. The number of rotatable bonds is 4. The molecule has 0 bridgehead atoms. The number of fused-ring (bicyclic) bond motifs is 1. The van der Waals surface area contributed by atoms with Crippen LogP contribution in [0.25, 0.3) is 11.0 Å². The molecule has 1 aromatic heterocycles. The van der Waals surface area contributed by atoms with Crippen LogP contribution in [0, 0.1) is 6.92 Å². The van der Waals surface area contributed by atoms with Crippen molar-refractivity contribution in [3.8, 4) is 0 Å². The molecule has 20 heavy (non-hydrogen) atoms. The largest absolute Gasteiger partial charge is 0.481 e. The number of hydrogen-bond acceptors (Lipinski definition) is 3. The van der Waals surface area contributed by atoms with Gasteiger partial charge in [-0.05, 0) is 46.6 Å². The summed E-state index contributed by atoms with van der Waals surface area (Å²) in [7, 11) is 1.55. The quantitative estimate of drug-likeness (QED) is 0.929. The van der Waals surface area contributed by atoms with Crippen LogP contribution in [-0.2, 0) is 4.79 Å². The van der Waals surface area contributed by atoms with Crippen molar-refractivity contribution >= 4 is 38.8 Å². The van der Waals surface area contributed by atoms with Gasteiger partial charge in [-0.2, -0.15) is 0 Å². The minimum absolute atomic E-state index is 0.0920. The molecule has 0 spiro atoms. The van der Waals surface area contributed by atoms with E-state index in [1.165, 1.54) is 4.90 Å². The summed E-state index contributed by atoms with van der Waals surface area (Å²) in [6.45, 7) is 2.10. The van der Waals surface area contributed by atoms with E-state index < -0.39 is 5.97 Å². The summed E-state index contributed by atoms with van der Waals surface area (Å²) in [6.07, 6.45) is -0.0920. The number of amides is 1. The van der Waals surface area contributed by atoms with Crippen LogP contribution < -0.4 is 0 Å². The Bertz CT molecular complexity index is 677. The lowest BCUT2D eigenvalue weighted by Crippen LogP contribution is -2.28. The van der Waals surface area contributed by atoms with E-state index in [0.29, 0.717) is 5.58 Å². The van der Waals surface area contributed by atoms with E-state index in [9.17, 15) is 9.59 Å². The minimum atomic E-state index is -0.937. The van der Waals surface area contributed by atoms with Crippen molar-refractivity contribution in [1.29, 1.82) is 0 Å². The summed E-state index contributed by atoms with van der Waals surface area (Å²) < 4.78 is 6.35. The first kappa shape index (κ1) is 14.6. The highest BCUT2D eigenvalue weighted by molar-refractivity contribution is 9.10. The molecule has 5 nitrogen and oxygen atoms in total. The van der Waals surface area contributed by atoms with E-state index in [0.717, 1.165) is 15.4 Å². The highest BCUT2D eigenvalue weighted by Crippen LogP contribution is 2.29. The van der Waals surface area contributed by atoms with E-state index in [4.69, 9.17) is 9.52 Å². The maximum Gasteiger partial charge on any atom is 0.305 e. The molecule has 0 radical (unpaired) electrons. The fourth-order valence-electron chi connectivity index (χ4n) is 1.91. The minimum Gasteiger partial charge on any atom is -0.481 e. The summed E-state index contributed by atoms with van der Waals surface area (Å²) in [4.78, 5) is 24.0. The number of carboxylic acids is 1. The number of halogens is 1. The number of furan rings is 1. The maximum absolute atomic E-state index is 12.1. The van der Waals surface area contributed by atoms with Crippen LogP contribution in [0.3, 0.4) is 0 Å². The molecule has 0 atom stereocenters. The first-order chi connectivity index (χ1) is 9.38. The van der Waals surface area contributed by atoms with Gasteiger partial charge in [-0.25, -0.2) is 0 Å². The molecule has 0 aliphatic rings. The summed E-state index contributed by atoms with van der Waals surface area (Å²) >= 11 is 3.40. The van der Waals surface area contributed by atoms with Gasteiger partial charge in [0.15, 0.2) is 5.76 Å². The van der Waals surface area contributed by atoms with Gasteiger partial charge in [0.25, 0.3) is 5.91 Å². The van der Waals surface area contributed by atoms with E-state index in [1.807, 2.05) is 19.1 Å². The lowest BCUT2D eigenvalue weighted by molar-refractivity contribution is -0.137. The molecule has 1 N–H and O–H groups in total. The molecule has 1 aromatic carbocycles. The first-order valence-electron chi connectivity index (χ1n) is 6.05. The zero-order valence-electron chi connectivity index (χ0n) is 11.1. The molecular formula is C14H14BrNO4. The Morgan fingerprint density at radius 3 is 2.70 bits per heavy atom. The van der Waals surface area contributed by atoms with Gasteiger partial charge in [0, 0.05) is 19.0 Å². The number of carboxylic acid groups (broad SMARTS) is 1. The normalized spacial score (nSPS) is 10.8. The third-order valence-corrected chi connectivity index (χ3v) is 3.52. The number of carbonyl (C=O) groups is 2. The van der Waals surface area contributed by atoms with E-state index >= 15 is 0 Å². The second-order valence-electron chi connectivity index (χ2n) is 4.65. The molecule has 106 valence electrons. The number of aliphatic carboxylic acids is 1. The van der Waals surface area contributed by atoms with Gasteiger partial charge in [0.1, 0.15) is 5.58 Å². The molecule has 0 fully saturated rings. The van der Waals surface area contributed by atoms with Crippen LogP contribution in [0.2, 0.25) is 0 Å². The topological polar surface area (TPSA) is 70.8 Å². The Labute approximate surface area is 124 Å². The number of hydrogen-bond donors (Lipinski definition) is 1. The van der Waals surface area contributed by atoms with Gasteiger partial charge in [-0.3, -0.25) is 9.59 Å². The van der Waals surface area contributed by atoms with E-state index in [1.54, 1.807) is 13.1 Å². The number of nitrogens with zero attached hydrogens (tertiary/aromatic N) is 1. The van der Waals surface area contributed by atoms with Crippen molar-refractivity contribution in [3.05, 3.63) is 34.0 Å². The van der Waals surface area contributed by atoms with Crippen molar-refractivity contribution in [2.45, 2.75) is 13.3 Å². The summed E-state index contributed by atoms with van der Waals surface area (Å²) in [5.41, 5.74) is 1.67. The van der Waals surface area contributed by atoms with Gasteiger partial charge in [0.05, 0.1) is 10.9 Å². The number of benzene rings is 1. The number of carbonyl (C=O) groups excluding carboxylic acids is 1. The maximum atomic E-state index is 12.1. The van der Waals surface area contributed by atoms with Crippen LogP contribution in [0.5, 0.6) is 0 Å². The zero-order valence-corrected chi connectivity index (χ0v) is 12.7. The van der Waals surface area contributed by atoms with Gasteiger partial charge >= 0.3 is 5.97 Å². The molecule has 0 unspecified atom stereocenters. The second-order valence-corrected chi connectivity index (χ2v) is 5.50. The molecular weight excluding hydrogens is 326 g/mol. The predicted octanol–water partition coefficient (Wildman–Crippen LogP) is 3.05. The van der Waals surface area contributed by atoms with Crippen LogP contribution in [0.1, 0.15) is 22.5 Å². The predicted molar refractivity (Wildman–Crippen MR) is 77.9 cm³/mol. The van der Waals surface area contributed by atoms with Gasteiger partial charge in [0.2, 0.25) is 0 Å². The standard InChI is InChI=1S/C14H14BrNO4/c1-8-5-9-7-11(20-13(9)10(15)6-8)14(19)16(2)4-3-12(17)18/h5-7H,3-4H2,1-2H3,(H,17,18). The van der Waals surface area contributed by atoms with E-state index in [-0.39, 0.29) is 24.6 Å². The molecule has 1 amide bonds. The average Bonchev–Trinajstić information content (AvgIpc) is 2.78. The Kier molecular flexibility index (Phi) is 4.13. The summed E-state index contributed by atoms with van der Waals surface area (Å²) in [6, 6.07) is 5.51. The molecule has 0 aliphatic heterocycles. The first-order valence-corrected chi connectivity index (χ1v) is 6.84. The highest BCUT2D eigenvalue weighted by Gasteiger charge is 2.18.